The predicted octanol–water partition coefficient (Wildman–Crippen LogP) is 2.61. The number of alkyl halides is 1. The fourth-order valence-corrected chi connectivity index (χ4v) is 4.21. The van der Waals surface area contributed by atoms with Gasteiger partial charge in [0, 0.05) is 30.0 Å². The van der Waals surface area contributed by atoms with Crippen LogP contribution >= 0.6 is 0 Å². The minimum absolute atomic E-state index is 0.149. The van der Waals surface area contributed by atoms with E-state index in [1.165, 1.54) is 0 Å². The number of hydrogen-bond donors (Lipinski definition) is 3. The number of aromatic carboxylic acids is 1. The number of pyridine rings is 1. The van der Waals surface area contributed by atoms with E-state index in [0.717, 1.165) is 44.5 Å². The largest absolute Gasteiger partial charge is 0.477 e. The monoisotopic (exact) mass is 434 g/mol. The smallest absolute Gasteiger partial charge is 0.341 e. The molecule has 8 heteroatoms. The van der Waals surface area contributed by atoms with Crippen LogP contribution in [-0.2, 0) is 13.5 Å². The number of nitrogens with zero attached hydrogens (tertiary/aromatic N) is 2. The Morgan fingerprint density at radius 2 is 1.94 bits per heavy atom. The van der Waals surface area contributed by atoms with E-state index < -0.39 is 17.4 Å². The Morgan fingerprint density at radius 1 is 1.29 bits per heavy atom. The molecule has 7 nitrogen and oxygen atoms in total. The molecule has 1 aromatic rings. The maximum Gasteiger partial charge on any atom is 0.341 e. The third-order valence-corrected chi connectivity index (χ3v) is 5.98. The molecule has 0 saturated carbocycles. The Kier molecular flexibility index (Phi) is 9.00. The molecule has 1 aromatic heterocycles. The summed E-state index contributed by atoms with van der Waals surface area (Å²) in [5.41, 5.74) is 8.19. The number of rotatable bonds is 6. The molecule has 31 heavy (non-hydrogen) atoms. The van der Waals surface area contributed by atoms with Crippen LogP contribution in [0.25, 0.3) is 6.08 Å². The van der Waals surface area contributed by atoms with Gasteiger partial charge >= 0.3 is 5.97 Å². The molecule has 2 heterocycles. The van der Waals surface area contributed by atoms with E-state index in [0.29, 0.717) is 36.6 Å². The fraction of sp³-hybridized carbons (Fsp3) is 0.565. The number of hydrogen-bond acceptors (Lipinski definition) is 5. The van der Waals surface area contributed by atoms with Gasteiger partial charge in [-0.2, -0.15) is 0 Å². The number of unbranched alkanes of at least 4 members (excludes halogenated alkanes) is 1. The molecule has 0 aromatic carbocycles. The molecule has 1 atom stereocenters. The average molecular weight is 435 g/mol. The zero-order chi connectivity index (χ0) is 23.1. The number of aromatic nitrogens is 1. The second kappa shape index (κ2) is 11.2. The van der Waals surface area contributed by atoms with Crippen molar-refractivity contribution in [3.05, 3.63) is 50.6 Å². The SMILES string of the molecule is CCCCc1c(C(=O)O)c(=O)c2c(n1C)C=C(NC1CCN(C)CC1)C=CC2N.CF. The predicted molar refractivity (Wildman–Crippen MR) is 122 cm³/mol. The molecule has 1 unspecified atom stereocenters. The third kappa shape index (κ3) is 5.62. The van der Waals surface area contributed by atoms with Crippen molar-refractivity contribution < 1.29 is 14.3 Å². The Balaban J connectivity index is 0.00000166. The van der Waals surface area contributed by atoms with Gasteiger partial charge in [-0.15, -0.1) is 0 Å². The van der Waals surface area contributed by atoms with E-state index in [1.54, 1.807) is 6.08 Å². The zero-order valence-corrected chi connectivity index (χ0v) is 18.9. The molecule has 0 bridgehead atoms. The van der Waals surface area contributed by atoms with Gasteiger partial charge in [-0.1, -0.05) is 19.4 Å². The van der Waals surface area contributed by atoms with Crippen LogP contribution in [0.15, 0.2) is 22.6 Å². The highest BCUT2D eigenvalue weighted by Crippen LogP contribution is 2.25. The van der Waals surface area contributed by atoms with E-state index in [9.17, 15) is 19.1 Å². The highest BCUT2D eigenvalue weighted by molar-refractivity contribution is 5.89. The first-order valence-corrected chi connectivity index (χ1v) is 10.8. The summed E-state index contributed by atoms with van der Waals surface area (Å²) in [4.78, 5) is 27.3. The summed E-state index contributed by atoms with van der Waals surface area (Å²) in [6.07, 6.45) is 10.0. The first-order valence-electron chi connectivity index (χ1n) is 10.8. The number of carboxylic acids is 1. The van der Waals surface area contributed by atoms with Crippen molar-refractivity contribution in [1.29, 1.82) is 0 Å². The van der Waals surface area contributed by atoms with Gasteiger partial charge in [-0.3, -0.25) is 9.18 Å². The molecule has 1 aliphatic heterocycles. The number of carbonyl (C=O) groups is 1. The number of fused-ring (bicyclic) bond motifs is 1. The molecule has 0 radical (unpaired) electrons. The van der Waals surface area contributed by atoms with Crippen molar-refractivity contribution in [3.8, 4) is 0 Å². The molecule has 1 aliphatic carbocycles. The van der Waals surface area contributed by atoms with E-state index in [2.05, 4.69) is 17.3 Å². The number of likely N-dealkylation sites (tertiary alicyclic amines) is 1. The van der Waals surface area contributed by atoms with Gasteiger partial charge in [-0.25, -0.2) is 4.79 Å². The van der Waals surface area contributed by atoms with Crippen LogP contribution in [0.3, 0.4) is 0 Å². The zero-order valence-electron chi connectivity index (χ0n) is 18.9. The van der Waals surface area contributed by atoms with Gasteiger partial charge in [0.2, 0.25) is 5.43 Å². The van der Waals surface area contributed by atoms with E-state index in [-0.39, 0.29) is 5.56 Å². The lowest BCUT2D eigenvalue weighted by atomic mass is 9.98. The summed E-state index contributed by atoms with van der Waals surface area (Å²) in [6.45, 7) is 4.14. The summed E-state index contributed by atoms with van der Waals surface area (Å²) in [7, 11) is 4.46. The number of piperidine rings is 1. The van der Waals surface area contributed by atoms with Gasteiger partial charge < -0.3 is 25.6 Å². The molecular weight excluding hydrogens is 399 g/mol. The molecule has 3 rings (SSSR count). The molecule has 1 fully saturated rings. The van der Waals surface area contributed by atoms with Crippen molar-refractivity contribution in [2.45, 2.75) is 51.1 Å². The van der Waals surface area contributed by atoms with Crippen molar-refractivity contribution in [2.75, 3.05) is 27.3 Å². The molecule has 1 saturated heterocycles. The molecular formula is C23H35FN4O3. The molecule has 0 amide bonds. The van der Waals surface area contributed by atoms with Crippen molar-refractivity contribution in [2.24, 2.45) is 12.8 Å². The lowest BCUT2D eigenvalue weighted by Gasteiger charge is -2.30. The van der Waals surface area contributed by atoms with Gasteiger partial charge in [-0.05, 0) is 58.0 Å². The molecule has 4 N–H and O–H groups in total. The van der Waals surface area contributed by atoms with Crippen LogP contribution < -0.4 is 16.5 Å². The molecule has 0 spiro atoms. The van der Waals surface area contributed by atoms with Crippen LogP contribution in [0.4, 0.5) is 4.39 Å². The van der Waals surface area contributed by atoms with E-state index >= 15 is 0 Å². The van der Waals surface area contributed by atoms with Gasteiger partial charge in [0.15, 0.2) is 0 Å². The van der Waals surface area contributed by atoms with Crippen LogP contribution in [0.2, 0.25) is 0 Å². The highest BCUT2D eigenvalue weighted by Gasteiger charge is 2.27. The van der Waals surface area contributed by atoms with Crippen LogP contribution in [-0.4, -0.2) is 53.9 Å². The normalized spacial score (nSPS) is 19.0. The summed E-state index contributed by atoms with van der Waals surface area (Å²) in [5.74, 6) is -1.19. The summed E-state index contributed by atoms with van der Waals surface area (Å²) < 4.78 is 11.3. The number of halogens is 1. The Bertz CT molecular complexity index is 899. The van der Waals surface area contributed by atoms with Crippen molar-refractivity contribution in [3.63, 3.8) is 0 Å². The second-order valence-electron chi connectivity index (χ2n) is 8.12. The minimum atomic E-state index is -1.19. The lowest BCUT2D eigenvalue weighted by molar-refractivity contribution is 0.0692. The topological polar surface area (TPSA) is 101 Å². The number of allylic oxidation sites excluding steroid dienone is 1. The standard InChI is InChI=1S/C22H32N4O3.CH3F/c1-4-5-6-17-20(22(28)29)21(27)19-16(23)8-7-15(13-18(19)26(17)3)24-14-9-11-25(2)12-10-14;1-2/h7-8,13-14,16,24H,4-6,9-12,23H2,1-3H3,(H,28,29);1H3. The van der Waals surface area contributed by atoms with Crippen molar-refractivity contribution >= 4 is 12.0 Å². The van der Waals surface area contributed by atoms with Crippen LogP contribution in [0.5, 0.6) is 0 Å². The number of nitrogens with two attached hydrogens (primary N) is 1. The first-order chi connectivity index (χ1) is 14.8. The highest BCUT2D eigenvalue weighted by atomic mass is 19.1. The lowest BCUT2D eigenvalue weighted by Crippen LogP contribution is -2.40. The first kappa shape index (κ1) is 24.8. The van der Waals surface area contributed by atoms with Crippen LogP contribution in [0, 0.1) is 0 Å². The minimum Gasteiger partial charge on any atom is -0.477 e. The molecule has 2 aliphatic rings. The maximum absolute atomic E-state index is 13.1. The quantitative estimate of drug-likeness (QED) is 0.636. The van der Waals surface area contributed by atoms with Gasteiger partial charge in [0.1, 0.15) is 5.56 Å². The van der Waals surface area contributed by atoms with E-state index in [4.69, 9.17) is 5.73 Å². The van der Waals surface area contributed by atoms with Gasteiger partial charge in [0.25, 0.3) is 0 Å². The summed E-state index contributed by atoms with van der Waals surface area (Å²) in [6, 6.07) is -0.273. The third-order valence-electron chi connectivity index (χ3n) is 5.98. The average Bonchev–Trinajstić information content (AvgIpc) is 2.91. The van der Waals surface area contributed by atoms with Crippen LogP contribution in [0.1, 0.15) is 66.0 Å². The Morgan fingerprint density at radius 3 is 2.52 bits per heavy atom. The Labute approximate surface area is 183 Å². The maximum atomic E-state index is 13.1. The number of nitrogens with one attached hydrogen (secondary N) is 1. The summed E-state index contributed by atoms with van der Waals surface area (Å²) >= 11 is 0. The van der Waals surface area contributed by atoms with Crippen molar-refractivity contribution in [1.82, 2.24) is 14.8 Å². The van der Waals surface area contributed by atoms with Gasteiger partial charge in [0.05, 0.1) is 18.9 Å². The van der Waals surface area contributed by atoms with E-state index in [1.807, 2.05) is 30.7 Å². The fourth-order valence-electron chi connectivity index (χ4n) is 4.21. The summed E-state index contributed by atoms with van der Waals surface area (Å²) in [5, 5.41) is 13.3. The second-order valence-corrected chi connectivity index (χ2v) is 8.12. The number of carboxylic acid groups (broad SMARTS) is 1. The Hall–Kier alpha value is -2.45. The molecule has 172 valence electrons.